The smallest absolute Gasteiger partial charge is 0.282 e. The van der Waals surface area contributed by atoms with Crippen LogP contribution in [-0.4, -0.2) is 18.9 Å². The molecule has 1 aliphatic rings. The van der Waals surface area contributed by atoms with Crippen LogP contribution in [0.1, 0.15) is 29.2 Å². The molecule has 3 aromatic carbocycles. The Kier molecular flexibility index (Phi) is 5.82. The number of carbonyl (C=O) groups excluding carboxylic acids is 2. The van der Waals surface area contributed by atoms with E-state index >= 15 is 0 Å². The lowest BCUT2D eigenvalue weighted by atomic mass is 10.0. The summed E-state index contributed by atoms with van der Waals surface area (Å²) in [5.41, 5.74) is 5.69. The standard InChI is InChI=1S/C27H26N2O3/c1-5-19-11-13-20(14-12-19)29-26(30)24(21-8-6-7-9-23(21)32-4)25(27(29)31)28-22-15-10-17(2)16-18(22)3/h6-16,28H,5H2,1-4H3. The highest BCUT2D eigenvalue weighted by Gasteiger charge is 2.41. The second-order valence-corrected chi connectivity index (χ2v) is 7.86. The van der Waals surface area contributed by atoms with Crippen molar-refractivity contribution in [3.8, 4) is 5.75 Å². The molecule has 4 rings (SSSR count). The van der Waals surface area contributed by atoms with Gasteiger partial charge in [-0.25, -0.2) is 4.90 Å². The lowest BCUT2D eigenvalue weighted by molar-refractivity contribution is -0.120. The average molecular weight is 427 g/mol. The number of rotatable bonds is 6. The first kappa shape index (κ1) is 21.4. The molecule has 5 nitrogen and oxygen atoms in total. The summed E-state index contributed by atoms with van der Waals surface area (Å²) < 4.78 is 5.51. The number of amides is 2. The highest BCUT2D eigenvalue weighted by atomic mass is 16.5. The second kappa shape index (κ2) is 8.71. The van der Waals surface area contributed by atoms with E-state index in [2.05, 4.69) is 12.2 Å². The number of nitrogens with one attached hydrogen (secondary N) is 1. The molecule has 0 saturated heterocycles. The second-order valence-electron chi connectivity index (χ2n) is 7.86. The van der Waals surface area contributed by atoms with Gasteiger partial charge in [0.25, 0.3) is 11.8 Å². The van der Waals surface area contributed by atoms with Crippen LogP contribution in [0.3, 0.4) is 0 Å². The van der Waals surface area contributed by atoms with Crippen molar-refractivity contribution in [1.29, 1.82) is 0 Å². The molecule has 3 aromatic rings. The number of imide groups is 1. The SMILES string of the molecule is CCc1ccc(N2C(=O)C(Nc3ccc(C)cc3C)=C(c3ccccc3OC)C2=O)cc1. The van der Waals surface area contributed by atoms with E-state index in [1.165, 1.54) is 4.90 Å². The van der Waals surface area contributed by atoms with Crippen molar-refractivity contribution in [2.24, 2.45) is 0 Å². The fourth-order valence-corrected chi connectivity index (χ4v) is 3.95. The van der Waals surface area contributed by atoms with Crippen molar-refractivity contribution in [3.05, 3.63) is 94.7 Å². The van der Waals surface area contributed by atoms with Gasteiger partial charge in [0.05, 0.1) is 18.4 Å². The van der Waals surface area contributed by atoms with E-state index in [9.17, 15) is 9.59 Å². The Morgan fingerprint density at radius 2 is 1.62 bits per heavy atom. The molecule has 1 N–H and O–H groups in total. The van der Waals surface area contributed by atoms with Crippen LogP contribution in [0.15, 0.2) is 72.4 Å². The fourth-order valence-electron chi connectivity index (χ4n) is 3.95. The summed E-state index contributed by atoms with van der Waals surface area (Å²) in [6, 6.07) is 20.7. The molecule has 0 fully saturated rings. The first-order chi connectivity index (χ1) is 15.4. The number of para-hydroxylation sites is 1. The molecule has 0 atom stereocenters. The van der Waals surface area contributed by atoms with Crippen molar-refractivity contribution in [1.82, 2.24) is 0 Å². The Labute approximate surface area is 188 Å². The maximum absolute atomic E-state index is 13.6. The lowest BCUT2D eigenvalue weighted by Gasteiger charge is -2.16. The summed E-state index contributed by atoms with van der Waals surface area (Å²) in [6.45, 7) is 6.05. The minimum atomic E-state index is -0.389. The van der Waals surface area contributed by atoms with Crippen LogP contribution in [0.2, 0.25) is 0 Å². The maximum atomic E-state index is 13.6. The largest absolute Gasteiger partial charge is 0.496 e. The lowest BCUT2D eigenvalue weighted by Crippen LogP contribution is -2.32. The number of methoxy groups -OCH3 is 1. The van der Waals surface area contributed by atoms with E-state index in [4.69, 9.17) is 4.74 Å². The third-order valence-electron chi connectivity index (χ3n) is 5.70. The predicted octanol–water partition coefficient (Wildman–Crippen LogP) is 5.27. The molecule has 0 radical (unpaired) electrons. The first-order valence-corrected chi connectivity index (χ1v) is 10.6. The topological polar surface area (TPSA) is 58.6 Å². The summed E-state index contributed by atoms with van der Waals surface area (Å²) in [7, 11) is 1.55. The summed E-state index contributed by atoms with van der Waals surface area (Å²) in [6.07, 6.45) is 0.881. The maximum Gasteiger partial charge on any atom is 0.282 e. The number of benzene rings is 3. The summed E-state index contributed by atoms with van der Waals surface area (Å²) in [5.74, 6) is -0.233. The molecule has 0 saturated carbocycles. The van der Waals surface area contributed by atoms with Gasteiger partial charge in [-0.3, -0.25) is 9.59 Å². The Hall–Kier alpha value is -3.86. The van der Waals surface area contributed by atoms with Gasteiger partial charge in [0.1, 0.15) is 11.4 Å². The van der Waals surface area contributed by atoms with Gasteiger partial charge in [-0.15, -0.1) is 0 Å². The minimum Gasteiger partial charge on any atom is -0.496 e. The van der Waals surface area contributed by atoms with Gasteiger partial charge < -0.3 is 10.1 Å². The predicted molar refractivity (Wildman–Crippen MR) is 128 cm³/mol. The third kappa shape index (κ3) is 3.78. The number of aryl methyl sites for hydroxylation is 3. The molecule has 2 amide bonds. The van der Waals surface area contributed by atoms with Gasteiger partial charge in [-0.05, 0) is 55.7 Å². The van der Waals surface area contributed by atoms with Gasteiger partial charge in [-0.2, -0.15) is 0 Å². The monoisotopic (exact) mass is 426 g/mol. The average Bonchev–Trinajstić information content (AvgIpc) is 3.04. The van der Waals surface area contributed by atoms with Crippen LogP contribution in [-0.2, 0) is 16.0 Å². The molecule has 1 heterocycles. The van der Waals surface area contributed by atoms with Crippen molar-refractivity contribution in [2.45, 2.75) is 27.2 Å². The molecule has 1 aliphatic heterocycles. The summed E-state index contributed by atoms with van der Waals surface area (Å²) >= 11 is 0. The molecule has 32 heavy (non-hydrogen) atoms. The number of hydrogen-bond donors (Lipinski definition) is 1. The third-order valence-corrected chi connectivity index (χ3v) is 5.70. The molecule has 0 aliphatic carbocycles. The first-order valence-electron chi connectivity index (χ1n) is 10.6. The van der Waals surface area contributed by atoms with Gasteiger partial charge in [0.15, 0.2) is 0 Å². The van der Waals surface area contributed by atoms with E-state index in [1.54, 1.807) is 19.2 Å². The van der Waals surface area contributed by atoms with Crippen LogP contribution in [0.5, 0.6) is 5.75 Å². The Morgan fingerprint density at radius 3 is 2.28 bits per heavy atom. The fraction of sp³-hybridized carbons (Fsp3) is 0.185. The summed E-state index contributed by atoms with van der Waals surface area (Å²) in [4.78, 5) is 28.4. The van der Waals surface area contributed by atoms with Gasteiger partial charge in [-0.1, -0.05) is 55.0 Å². The van der Waals surface area contributed by atoms with Crippen molar-refractivity contribution >= 4 is 28.8 Å². The molecule has 0 spiro atoms. The van der Waals surface area contributed by atoms with Crippen LogP contribution in [0, 0.1) is 13.8 Å². The number of carbonyl (C=O) groups is 2. The van der Waals surface area contributed by atoms with Gasteiger partial charge in [0.2, 0.25) is 0 Å². The van der Waals surface area contributed by atoms with E-state index in [-0.39, 0.29) is 17.5 Å². The van der Waals surface area contributed by atoms with E-state index < -0.39 is 0 Å². The number of ether oxygens (including phenoxy) is 1. The van der Waals surface area contributed by atoms with Gasteiger partial charge >= 0.3 is 0 Å². The molecular formula is C27H26N2O3. The van der Waals surface area contributed by atoms with Crippen LogP contribution < -0.4 is 15.0 Å². The highest BCUT2D eigenvalue weighted by Crippen LogP contribution is 2.37. The zero-order chi connectivity index (χ0) is 22.8. The number of anilines is 2. The van der Waals surface area contributed by atoms with E-state index in [0.717, 1.165) is 28.8 Å². The van der Waals surface area contributed by atoms with Crippen LogP contribution in [0.4, 0.5) is 11.4 Å². The van der Waals surface area contributed by atoms with E-state index in [0.29, 0.717) is 22.6 Å². The number of hydrogen-bond acceptors (Lipinski definition) is 4. The highest BCUT2D eigenvalue weighted by molar-refractivity contribution is 6.46. The van der Waals surface area contributed by atoms with Crippen molar-refractivity contribution in [2.75, 3.05) is 17.3 Å². The van der Waals surface area contributed by atoms with E-state index in [1.807, 2.05) is 68.4 Å². The molecule has 0 unspecified atom stereocenters. The van der Waals surface area contributed by atoms with Crippen LogP contribution >= 0.6 is 0 Å². The Bertz CT molecular complexity index is 1230. The zero-order valence-electron chi connectivity index (χ0n) is 18.7. The molecular weight excluding hydrogens is 400 g/mol. The minimum absolute atomic E-state index is 0.242. The van der Waals surface area contributed by atoms with Crippen LogP contribution in [0.25, 0.3) is 5.57 Å². The van der Waals surface area contributed by atoms with Gasteiger partial charge in [0, 0.05) is 11.3 Å². The summed E-state index contributed by atoms with van der Waals surface area (Å²) in [5, 5.41) is 3.25. The molecule has 162 valence electrons. The Balaban J connectivity index is 1.85. The normalized spacial score (nSPS) is 13.7. The molecule has 0 aromatic heterocycles. The molecule has 0 bridgehead atoms. The zero-order valence-corrected chi connectivity index (χ0v) is 18.7. The van der Waals surface area contributed by atoms with Crippen molar-refractivity contribution < 1.29 is 14.3 Å². The Morgan fingerprint density at radius 1 is 0.906 bits per heavy atom. The quantitative estimate of drug-likeness (QED) is 0.546. The molecule has 5 heteroatoms. The number of nitrogens with zero attached hydrogens (tertiary/aromatic N) is 1. The van der Waals surface area contributed by atoms with Crippen molar-refractivity contribution in [3.63, 3.8) is 0 Å².